The number of alkyl halides is 3. The van der Waals surface area contributed by atoms with Crippen LogP contribution in [0.15, 0.2) is 0 Å². The molecule has 0 amide bonds. The highest BCUT2D eigenvalue weighted by Gasteiger charge is 2.56. The molecule has 0 bridgehead atoms. The van der Waals surface area contributed by atoms with Crippen LogP contribution in [0, 0.1) is 0 Å². The number of hydrogen-bond acceptors (Lipinski definition) is 5. The van der Waals surface area contributed by atoms with Crippen molar-refractivity contribution in [1.82, 2.24) is 5.32 Å². The zero-order chi connectivity index (χ0) is 15.6. The third-order valence-electron chi connectivity index (χ3n) is 2.52. The lowest BCUT2D eigenvalue weighted by Gasteiger charge is -2.28. The minimum absolute atomic E-state index is 0.0490. The molecule has 0 aliphatic rings. The minimum Gasteiger partial charge on any atom is -0.480 e. The van der Waals surface area contributed by atoms with Crippen molar-refractivity contribution in [2.24, 2.45) is 0 Å². The Morgan fingerprint density at radius 1 is 1.10 bits per heavy atom. The van der Waals surface area contributed by atoms with Crippen molar-refractivity contribution in [1.29, 1.82) is 0 Å². The van der Waals surface area contributed by atoms with E-state index in [9.17, 15) is 18.0 Å². The largest absolute Gasteiger partial charge is 0.480 e. The number of carboxylic acids is 1. The normalized spacial score (nSPS) is 15.1. The van der Waals surface area contributed by atoms with Crippen molar-refractivity contribution in [3.63, 3.8) is 0 Å². The molecule has 6 nitrogen and oxygen atoms in total. The number of rotatable bonds is 11. The predicted octanol–water partition coefficient (Wildman–Crippen LogP) is 0.661. The lowest BCUT2D eigenvalue weighted by Crippen LogP contribution is -2.60. The average Bonchev–Trinajstić information content (AvgIpc) is 2.34. The summed E-state index contributed by atoms with van der Waals surface area (Å²) in [7, 11) is 1.53. The first-order chi connectivity index (χ1) is 9.25. The van der Waals surface area contributed by atoms with Gasteiger partial charge in [-0.25, -0.2) is 4.79 Å². The van der Waals surface area contributed by atoms with E-state index < -0.39 is 17.7 Å². The van der Waals surface area contributed by atoms with Gasteiger partial charge in [0.15, 0.2) is 0 Å². The van der Waals surface area contributed by atoms with Crippen LogP contribution >= 0.6 is 0 Å². The molecule has 0 fully saturated rings. The monoisotopic (exact) mass is 303 g/mol. The van der Waals surface area contributed by atoms with Gasteiger partial charge >= 0.3 is 12.1 Å². The fraction of sp³-hybridized carbons (Fsp3) is 0.909. The van der Waals surface area contributed by atoms with E-state index in [0.717, 1.165) is 0 Å². The molecule has 0 spiro atoms. The van der Waals surface area contributed by atoms with E-state index in [1.165, 1.54) is 7.11 Å². The van der Waals surface area contributed by atoms with E-state index >= 15 is 0 Å². The lowest BCUT2D eigenvalue weighted by atomic mass is 10.0. The number of halogens is 3. The van der Waals surface area contributed by atoms with E-state index in [-0.39, 0.29) is 19.8 Å². The molecular weight excluding hydrogens is 283 g/mol. The molecule has 0 aliphatic carbocycles. The Labute approximate surface area is 115 Å². The van der Waals surface area contributed by atoms with E-state index in [1.54, 1.807) is 0 Å². The Morgan fingerprint density at radius 3 is 2.05 bits per heavy atom. The molecule has 0 saturated carbocycles. The van der Waals surface area contributed by atoms with Crippen LogP contribution in [0.2, 0.25) is 0 Å². The molecule has 0 saturated heterocycles. The Morgan fingerprint density at radius 2 is 1.60 bits per heavy atom. The van der Waals surface area contributed by atoms with Crippen LogP contribution in [0.1, 0.15) is 6.92 Å². The summed E-state index contributed by atoms with van der Waals surface area (Å²) in [6.07, 6.45) is -4.89. The van der Waals surface area contributed by atoms with Crippen molar-refractivity contribution < 1.29 is 37.3 Å². The SMILES string of the molecule is COCCOCCOCCNC(C)(C(=O)O)C(F)(F)F. The van der Waals surface area contributed by atoms with Crippen LogP contribution in [0.25, 0.3) is 0 Å². The zero-order valence-electron chi connectivity index (χ0n) is 11.5. The summed E-state index contributed by atoms with van der Waals surface area (Å²) < 4.78 is 52.6. The Balaban J connectivity index is 3.79. The number of methoxy groups -OCH3 is 1. The second kappa shape index (κ2) is 9.11. The average molecular weight is 303 g/mol. The van der Waals surface area contributed by atoms with E-state index in [0.29, 0.717) is 26.7 Å². The molecule has 20 heavy (non-hydrogen) atoms. The third kappa shape index (κ3) is 6.51. The molecule has 0 rings (SSSR count). The van der Waals surface area contributed by atoms with Gasteiger partial charge in [-0.3, -0.25) is 5.32 Å². The Kier molecular flexibility index (Phi) is 8.70. The molecule has 0 aromatic rings. The number of ether oxygens (including phenoxy) is 3. The predicted molar refractivity (Wildman–Crippen MR) is 63.6 cm³/mol. The maximum absolute atomic E-state index is 12.6. The smallest absolute Gasteiger partial charge is 0.417 e. The van der Waals surface area contributed by atoms with Gasteiger partial charge in [-0.05, 0) is 6.92 Å². The van der Waals surface area contributed by atoms with Gasteiger partial charge < -0.3 is 19.3 Å². The molecule has 0 aromatic heterocycles. The van der Waals surface area contributed by atoms with Gasteiger partial charge in [0.2, 0.25) is 5.54 Å². The van der Waals surface area contributed by atoms with Crippen LogP contribution in [0.4, 0.5) is 13.2 Å². The second-order valence-electron chi connectivity index (χ2n) is 4.07. The highest BCUT2D eigenvalue weighted by molar-refractivity contribution is 5.79. The minimum atomic E-state index is -4.89. The van der Waals surface area contributed by atoms with Crippen LogP contribution < -0.4 is 5.32 Å². The van der Waals surface area contributed by atoms with E-state index in [1.807, 2.05) is 5.32 Å². The first kappa shape index (κ1) is 19.1. The summed E-state index contributed by atoms with van der Waals surface area (Å²) >= 11 is 0. The number of nitrogens with one attached hydrogen (secondary N) is 1. The number of carbonyl (C=O) groups is 1. The molecule has 0 aliphatic heterocycles. The maximum atomic E-state index is 12.6. The highest BCUT2D eigenvalue weighted by atomic mass is 19.4. The molecule has 0 heterocycles. The first-order valence-electron chi connectivity index (χ1n) is 5.95. The van der Waals surface area contributed by atoms with Gasteiger partial charge in [0.05, 0.1) is 33.0 Å². The maximum Gasteiger partial charge on any atom is 0.417 e. The molecule has 0 radical (unpaired) electrons. The first-order valence-corrected chi connectivity index (χ1v) is 5.95. The van der Waals surface area contributed by atoms with Gasteiger partial charge in [-0.15, -0.1) is 0 Å². The second-order valence-corrected chi connectivity index (χ2v) is 4.07. The van der Waals surface area contributed by atoms with Gasteiger partial charge in [0, 0.05) is 13.7 Å². The Hall–Kier alpha value is -0.900. The molecular formula is C11H20F3NO5. The summed E-state index contributed by atoms with van der Waals surface area (Å²) in [5.74, 6) is -1.98. The fourth-order valence-electron chi connectivity index (χ4n) is 1.13. The number of carboxylic acid groups (broad SMARTS) is 1. The van der Waals surface area contributed by atoms with Gasteiger partial charge in [-0.2, -0.15) is 13.2 Å². The molecule has 120 valence electrons. The molecule has 1 atom stereocenters. The van der Waals surface area contributed by atoms with Crippen molar-refractivity contribution >= 4 is 5.97 Å². The third-order valence-corrected chi connectivity index (χ3v) is 2.52. The molecule has 0 aromatic carbocycles. The molecule has 1 unspecified atom stereocenters. The van der Waals surface area contributed by atoms with Gasteiger partial charge in [0.1, 0.15) is 0 Å². The lowest BCUT2D eigenvalue weighted by molar-refractivity contribution is -0.206. The quantitative estimate of drug-likeness (QED) is 0.546. The van der Waals surface area contributed by atoms with Crippen LogP contribution in [0.3, 0.4) is 0 Å². The van der Waals surface area contributed by atoms with Crippen molar-refractivity contribution in [2.45, 2.75) is 18.6 Å². The van der Waals surface area contributed by atoms with Crippen molar-refractivity contribution in [3.05, 3.63) is 0 Å². The van der Waals surface area contributed by atoms with Crippen molar-refractivity contribution in [2.75, 3.05) is 46.7 Å². The summed E-state index contributed by atoms with van der Waals surface area (Å²) in [6, 6.07) is 0. The van der Waals surface area contributed by atoms with Crippen molar-refractivity contribution in [3.8, 4) is 0 Å². The fourth-order valence-corrected chi connectivity index (χ4v) is 1.13. The summed E-state index contributed by atoms with van der Waals surface area (Å²) in [6.45, 7) is 1.64. The van der Waals surface area contributed by atoms with E-state index in [2.05, 4.69) is 0 Å². The Bertz CT molecular complexity index is 288. The number of hydrogen-bond donors (Lipinski definition) is 2. The van der Waals surface area contributed by atoms with Crippen LogP contribution in [-0.4, -0.2) is 69.5 Å². The summed E-state index contributed by atoms with van der Waals surface area (Å²) in [5.41, 5.74) is -2.98. The van der Waals surface area contributed by atoms with Gasteiger partial charge in [0.25, 0.3) is 0 Å². The zero-order valence-corrected chi connectivity index (χ0v) is 11.5. The highest BCUT2D eigenvalue weighted by Crippen LogP contribution is 2.30. The van der Waals surface area contributed by atoms with Gasteiger partial charge in [-0.1, -0.05) is 0 Å². The standard InChI is InChI=1S/C11H20F3NO5/c1-10(9(16)17,11(12,13)14)15-3-4-19-7-8-20-6-5-18-2/h15H,3-8H2,1-2H3,(H,16,17). The van der Waals surface area contributed by atoms with E-state index in [4.69, 9.17) is 19.3 Å². The van der Waals surface area contributed by atoms with Crippen LogP contribution in [-0.2, 0) is 19.0 Å². The topological polar surface area (TPSA) is 77.0 Å². The number of aliphatic carboxylic acids is 1. The molecule has 9 heteroatoms. The molecule has 2 N–H and O–H groups in total. The van der Waals surface area contributed by atoms with Crippen LogP contribution in [0.5, 0.6) is 0 Å². The summed E-state index contributed by atoms with van der Waals surface area (Å²) in [5, 5.41) is 10.6. The summed E-state index contributed by atoms with van der Waals surface area (Å²) in [4.78, 5) is 10.7.